The van der Waals surface area contributed by atoms with Crippen molar-refractivity contribution in [3.8, 4) is 0 Å². The van der Waals surface area contributed by atoms with Crippen LogP contribution < -0.4 is 10.6 Å². The number of benzene rings is 1. The lowest BCUT2D eigenvalue weighted by Crippen LogP contribution is -2.30. The van der Waals surface area contributed by atoms with Crippen molar-refractivity contribution in [1.29, 1.82) is 0 Å². The van der Waals surface area contributed by atoms with E-state index in [9.17, 15) is 4.39 Å². The fourth-order valence-electron chi connectivity index (χ4n) is 2.57. The number of rotatable bonds is 4. The Morgan fingerprint density at radius 2 is 2.29 bits per heavy atom. The minimum atomic E-state index is -0.294. The maximum absolute atomic E-state index is 13.0. The molecule has 0 aromatic heterocycles. The molecule has 17 heavy (non-hydrogen) atoms. The van der Waals surface area contributed by atoms with E-state index in [2.05, 4.69) is 4.90 Å². The largest absolute Gasteiger partial charge is 0.397 e. The first kappa shape index (κ1) is 12.2. The van der Waals surface area contributed by atoms with Gasteiger partial charge in [0.1, 0.15) is 5.82 Å². The van der Waals surface area contributed by atoms with E-state index >= 15 is 0 Å². The van der Waals surface area contributed by atoms with Gasteiger partial charge in [-0.2, -0.15) is 0 Å². The van der Waals surface area contributed by atoms with Gasteiger partial charge in [-0.1, -0.05) is 0 Å². The van der Waals surface area contributed by atoms with Gasteiger partial charge in [-0.15, -0.1) is 0 Å². The number of nitrogens with zero attached hydrogens (tertiary/aromatic N) is 1. The van der Waals surface area contributed by atoms with Gasteiger partial charge >= 0.3 is 0 Å². The molecular formula is C13H19FN2O. The van der Waals surface area contributed by atoms with Crippen molar-refractivity contribution < 1.29 is 9.50 Å². The molecule has 1 fully saturated rings. The van der Waals surface area contributed by atoms with Crippen LogP contribution in [0.2, 0.25) is 0 Å². The van der Waals surface area contributed by atoms with Crippen LogP contribution in [0.5, 0.6) is 0 Å². The number of hydrogen-bond acceptors (Lipinski definition) is 3. The number of nitrogen functional groups attached to an aromatic ring is 1. The van der Waals surface area contributed by atoms with E-state index in [1.54, 1.807) is 6.07 Å². The fraction of sp³-hybridized carbons (Fsp3) is 0.538. The Kier molecular flexibility index (Phi) is 3.84. The third-order valence-electron chi connectivity index (χ3n) is 3.37. The summed E-state index contributed by atoms with van der Waals surface area (Å²) in [5.41, 5.74) is 7.28. The number of nitrogens with two attached hydrogens (primary N) is 1. The van der Waals surface area contributed by atoms with Gasteiger partial charge in [0.2, 0.25) is 0 Å². The summed E-state index contributed by atoms with van der Waals surface area (Å²) in [6.45, 7) is 1.19. The van der Waals surface area contributed by atoms with Crippen molar-refractivity contribution in [2.24, 2.45) is 0 Å². The van der Waals surface area contributed by atoms with Crippen LogP contribution in [0.3, 0.4) is 0 Å². The SMILES string of the molecule is Nc1cc(F)ccc1N1CCCC1CCCO. The monoisotopic (exact) mass is 238 g/mol. The maximum atomic E-state index is 13.0. The van der Waals surface area contributed by atoms with Gasteiger partial charge in [0.15, 0.2) is 0 Å². The highest BCUT2D eigenvalue weighted by Gasteiger charge is 2.25. The predicted octanol–water partition coefficient (Wildman–Crippen LogP) is 2.15. The Morgan fingerprint density at radius 3 is 3.00 bits per heavy atom. The Hall–Kier alpha value is -1.29. The van der Waals surface area contributed by atoms with Crippen molar-refractivity contribution in [3.63, 3.8) is 0 Å². The van der Waals surface area contributed by atoms with E-state index in [0.29, 0.717) is 11.7 Å². The second kappa shape index (κ2) is 5.36. The smallest absolute Gasteiger partial charge is 0.125 e. The molecule has 0 aliphatic carbocycles. The van der Waals surface area contributed by atoms with Crippen molar-refractivity contribution >= 4 is 11.4 Å². The molecule has 1 aromatic rings. The van der Waals surface area contributed by atoms with Crippen LogP contribution >= 0.6 is 0 Å². The molecule has 1 heterocycles. The van der Waals surface area contributed by atoms with Gasteiger partial charge in [-0.25, -0.2) is 4.39 Å². The summed E-state index contributed by atoms with van der Waals surface area (Å²) in [4.78, 5) is 2.24. The summed E-state index contributed by atoms with van der Waals surface area (Å²) in [5, 5.41) is 8.88. The van der Waals surface area contributed by atoms with Gasteiger partial charge in [-0.3, -0.25) is 0 Å². The molecule has 0 bridgehead atoms. The molecule has 1 aromatic carbocycles. The predicted molar refractivity (Wildman–Crippen MR) is 67.5 cm³/mol. The minimum absolute atomic E-state index is 0.225. The van der Waals surface area contributed by atoms with Crippen LogP contribution in [-0.4, -0.2) is 24.3 Å². The van der Waals surface area contributed by atoms with Crippen LogP contribution in [0.15, 0.2) is 18.2 Å². The molecule has 2 rings (SSSR count). The zero-order valence-electron chi connectivity index (χ0n) is 9.90. The first-order chi connectivity index (χ1) is 8.22. The highest BCUT2D eigenvalue weighted by atomic mass is 19.1. The fourth-order valence-corrected chi connectivity index (χ4v) is 2.57. The Labute approximate surface area is 101 Å². The highest BCUT2D eigenvalue weighted by molar-refractivity contribution is 5.68. The van der Waals surface area contributed by atoms with E-state index in [1.807, 2.05) is 0 Å². The molecule has 1 atom stereocenters. The summed E-state index contributed by atoms with van der Waals surface area (Å²) in [5.74, 6) is -0.294. The zero-order valence-corrected chi connectivity index (χ0v) is 9.90. The molecule has 3 nitrogen and oxygen atoms in total. The first-order valence-corrected chi connectivity index (χ1v) is 6.15. The number of hydrogen-bond donors (Lipinski definition) is 2. The van der Waals surface area contributed by atoms with Crippen LogP contribution in [0, 0.1) is 5.82 Å². The molecule has 0 spiro atoms. The zero-order chi connectivity index (χ0) is 12.3. The minimum Gasteiger partial charge on any atom is -0.397 e. The van der Waals surface area contributed by atoms with E-state index in [-0.39, 0.29) is 12.4 Å². The van der Waals surface area contributed by atoms with E-state index in [0.717, 1.165) is 37.9 Å². The van der Waals surface area contributed by atoms with E-state index < -0.39 is 0 Å². The second-order valence-corrected chi connectivity index (χ2v) is 4.56. The standard InChI is InChI=1S/C13H19FN2O/c14-10-5-6-13(12(15)9-10)16-7-1-3-11(16)4-2-8-17/h5-6,9,11,17H,1-4,7-8,15H2. The van der Waals surface area contributed by atoms with Gasteiger partial charge < -0.3 is 15.7 Å². The molecule has 0 radical (unpaired) electrons. The second-order valence-electron chi connectivity index (χ2n) is 4.56. The Morgan fingerprint density at radius 1 is 1.47 bits per heavy atom. The lowest BCUT2D eigenvalue weighted by molar-refractivity contribution is 0.279. The topological polar surface area (TPSA) is 49.5 Å². The summed E-state index contributed by atoms with van der Waals surface area (Å²) < 4.78 is 13.0. The molecule has 0 amide bonds. The van der Waals surface area contributed by atoms with Crippen molar-refractivity contribution in [3.05, 3.63) is 24.0 Å². The summed E-state index contributed by atoms with van der Waals surface area (Å²) >= 11 is 0. The molecule has 3 N–H and O–H groups in total. The van der Waals surface area contributed by atoms with Crippen molar-refractivity contribution in [1.82, 2.24) is 0 Å². The Balaban J connectivity index is 2.14. The number of halogens is 1. The van der Waals surface area contributed by atoms with Crippen LogP contribution in [-0.2, 0) is 0 Å². The number of aliphatic hydroxyl groups is 1. The third kappa shape index (κ3) is 2.69. The molecule has 1 saturated heterocycles. The molecule has 1 aliphatic heterocycles. The molecule has 0 saturated carbocycles. The Bertz CT molecular complexity index is 384. The average Bonchev–Trinajstić information content (AvgIpc) is 2.74. The normalized spacial score (nSPS) is 19.9. The van der Waals surface area contributed by atoms with E-state index in [1.165, 1.54) is 12.1 Å². The molecular weight excluding hydrogens is 219 g/mol. The van der Waals surface area contributed by atoms with E-state index in [4.69, 9.17) is 10.8 Å². The van der Waals surface area contributed by atoms with Crippen molar-refractivity contribution in [2.45, 2.75) is 31.7 Å². The quantitative estimate of drug-likeness (QED) is 0.790. The highest BCUT2D eigenvalue weighted by Crippen LogP contribution is 2.32. The van der Waals surface area contributed by atoms with Crippen molar-refractivity contribution in [2.75, 3.05) is 23.8 Å². The molecule has 4 heteroatoms. The average molecular weight is 238 g/mol. The van der Waals surface area contributed by atoms with Gasteiger partial charge in [0.05, 0.1) is 11.4 Å². The van der Waals surface area contributed by atoms with Gasteiger partial charge in [-0.05, 0) is 43.9 Å². The van der Waals surface area contributed by atoms with Crippen LogP contribution in [0.1, 0.15) is 25.7 Å². The summed E-state index contributed by atoms with van der Waals surface area (Å²) in [6.07, 6.45) is 4.03. The number of anilines is 2. The maximum Gasteiger partial charge on any atom is 0.125 e. The first-order valence-electron chi connectivity index (χ1n) is 6.15. The summed E-state index contributed by atoms with van der Waals surface area (Å²) in [6, 6.07) is 5.00. The molecule has 1 unspecified atom stereocenters. The number of aliphatic hydroxyl groups excluding tert-OH is 1. The molecule has 1 aliphatic rings. The van der Waals surface area contributed by atoms with Crippen LogP contribution in [0.4, 0.5) is 15.8 Å². The third-order valence-corrected chi connectivity index (χ3v) is 3.37. The lowest BCUT2D eigenvalue weighted by Gasteiger charge is -2.28. The molecule has 94 valence electrons. The van der Waals surface area contributed by atoms with Gasteiger partial charge in [0, 0.05) is 19.2 Å². The van der Waals surface area contributed by atoms with Gasteiger partial charge in [0.25, 0.3) is 0 Å². The summed E-state index contributed by atoms with van der Waals surface area (Å²) in [7, 11) is 0. The lowest BCUT2D eigenvalue weighted by atomic mass is 10.1. The van der Waals surface area contributed by atoms with Crippen LogP contribution in [0.25, 0.3) is 0 Å².